The Morgan fingerprint density at radius 2 is 1.77 bits per heavy atom. The average Bonchev–Trinajstić information content (AvgIpc) is 3.51. The molecule has 178 valence electrons. The first-order chi connectivity index (χ1) is 16.9. The maximum atomic E-state index is 13.1. The maximum absolute atomic E-state index is 13.1. The summed E-state index contributed by atoms with van der Waals surface area (Å²) < 4.78 is 7.43. The first-order valence-electron chi connectivity index (χ1n) is 11.5. The van der Waals surface area contributed by atoms with Gasteiger partial charge in [0.2, 0.25) is 0 Å². The molecular formula is C26H27N7OS. The fraction of sp³-hybridized carbons (Fsp3) is 0.231. The molecule has 0 aliphatic rings. The molecular weight excluding hydrogens is 458 g/mol. The standard InChI is InChI=1S/C26H27N7OS/c1-18(2)16-31-24-22(25(35)30(3)26(31)34)23(28-20-8-5-4-6-9-20)33(29-24)17-19-10-12-21(13-11-19)32-15-7-14-27-32/h4-15,18,28H,16-17H2,1-3H3. The number of anilines is 2. The summed E-state index contributed by atoms with van der Waals surface area (Å²) in [6.45, 7) is 5.24. The number of hydrogen-bond acceptors (Lipinski definition) is 5. The first kappa shape index (κ1) is 22.8. The molecule has 0 atom stereocenters. The highest BCUT2D eigenvalue weighted by molar-refractivity contribution is 7.71. The van der Waals surface area contributed by atoms with Crippen LogP contribution in [0.3, 0.4) is 0 Å². The van der Waals surface area contributed by atoms with E-state index in [4.69, 9.17) is 17.3 Å². The summed E-state index contributed by atoms with van der Waals surface area (Å²) in [6.07, 6.45) is 3.67. The molecule has 3 aromatic heterocycles. The molecule has 2 aromatic carbocycles. The van der Waals surface area contributed by atoms with Crippen LogP contribution in [-0.4, -0.2) is 28.7 Å². The van der Waals surface area contributed by atoms with Crippen LogP contribution in [0.4, 0.5) is 11.5 Å². The van der Waals surface area contributed by atoms with Crippen molar-refractivity contribution in [2.75, 3.05) is 5.32 Å². The number of nitrogens with zero attached hydrogens (tertiary/aromatic N) is 6. The van der Waals surface area contributed by atoms with Crippen LogP contribution in [0.25, 0.3) is 16.7 Å². The lowest BCUT2D eigenvalue weighted by Gasteiger charge is -2.12. The van der Waals surface area contributed by atoms with Crippen molar-refractivity contribution in [1.29, 1.82) is 0 Å². The van der Waals surface area contributed by atoms with Gasteiger partial charge in [0.05, 0.1) is 17.6 Å². The van der Waals surface area contributed by atoms with E-state index >= 15 is 0 Å². The van der Waals surface area contributed by atoms with Gasteiger partial charge < -0.3 is 5.32 Å². The Hall–Kier alpha value is -3.98. The minimum absolute atomic E-state index is 0.157. The fourth-order valence-corrected chi connectivity index (χ4v) is 4.41. The Morgan fingerprint density at radius 3 is 2.43 bits per heavy atom. The van der Waals surface area contributed by atoms with Gasteiger partial charge in [-0.1, -0.05) is 56.4 Å². The van der Waals surface area contributed by atoms with E-state index in [1.165, 1.54) is 4.57 Å². The summed E-state index contributed by atoms with van der Waals surface area (Å²) in [5.41, 5.74) is 3.41. The van der Waals surface area contributed by atoms with Gasteiger partial charge in [-0.3, -0.25) is 9.13 Å². The van der Waals surface area contributed by atoms with Gasteiger partial charge in [-0.2, -0.15) is 10.2 Å². The van der Waals surface area contributed by atoms with Gasteiger partial charge in [0, 0.05) is 31.7 Å². The number of benzene rings is 2. The van der Waals surface area contributed by atoms with E-state index in [1.807, 2.05) is 64.1 Å². The SMILES string of the molecule is CC(C)Cn1c(=O)n(C)c(=S)c2c(Nc3ccccc3)n(Cc3ccc(-n4cccn4)cc3)nc21. The maximum Gasteiger partial charge on any atom is 0.330 e. The molecule has 8 nitrogen and oxygen atoms in total. The summed E-state index contributed by atoms with van der Waals surface area (Å²) in [7, 11) is 1.72. The predicted molar refractivity (Wildman–Crippen MR) is 141 cm³/mol. The molecule has 3 heterocycles. The number of hydrogen-bond donors (Lipinski definition) is 1. The molecule has 9 heteroatoms. The predicted octanol–water partition coefficient (Wildman–Crippen LogP) is 4.90. The third-order valence-electron chi connectivity index (χ3n) is 5.85. The zero-order chi connectivity index (χ0) is 24.5. The molecule has 0 aliphatic carbocycles. The van der Waals surface area contributed by atoms with Gasteiger partial charge in [-0.25, -0.2) is 14.2 Å². The van der Waals surface area contributed by atoms with Crippen molar-refractivity contribution in [3.05, 3.63) is 93.7 Å². The van der Waals surface area contributed by atoms with Crippen LogP contribution in [0.15, 0.2) is 77.9 Å². The molecule has 5 rings (SSSR count). The third-order valence-corrected chi connectivity index (χ3v) is 6.33. The van der Waals surface area contributed by atoms with E-state index in [9.17, 15) is 4.79 Å². The van der Waals surface area contributed by atoms with Gasteiger partial charge in [-0.05, 0) is 41.8 Å². The number of nitrogens with one attached hydrogen (secondary N) is 1. The molecule has 0 fully saturated rings. The molecule has 0 aliphatic heterocycles. The summed E-state index contributed by atoms with van der Waals surface area (Å²) in [5.74, 6) is 1.04. The molecule has 0 unspecified atom stereocenters. The Bertz CT molecular complexity index is 1580. The van der Waals surface area contributed by atoms with Crippen LogP contribution < -0.4 is 11.0 Å². The average molecular weight is 486 g/mol. The van der Waals surface area contributed by atoms with Crippen LogP contribution in [-0.2, 0) is 20.1 Å². The zero-order valence-electron chi connectivity index (χ0n) is 19.9. The zero-order valence-corrected chi connectivity index (χ0v) is 20.7. The summed E-state index contributed by atoms with van der Waals surface area (Å²) in [6, 6.07) is 20.0. The van der Waals surface area contributed by atoms with Gasteiger partial charge in [0.1, 0.15) is 10.5 Å². The number of para-hydroxylation sites is 1. The van der Waals surface area contributed by atoms with Crippen molar-refractivity contribution in [2.45, 2.75) is 26.9 Å². The lowest BCUT2D eigenvalue weighted by atomic mass is 10.2. The number of rotatable bonds is 7. The number of fused-ring (bicyclic) bond motifs is 1. The van der Waals surface area contributed by atoms with E-state index in [2.05, 4.69) is 36.4 Å². The van der Waals surface area contributed by atoms with E-state index in [0.717, 1.165) is 28.1 Å². The van der Waals surface area contributed by atoms with E-state index in [1.54, 1.807) is 17.8 Å². The van der Waals surface area contributed by atoms with E-state index < -0.39 is 0 Å². The molecule has 0 spiro atoms. The van der Waals surface area contributed by atoms with Gasteiger partial charge >= 0.3 is 5.69 Å². The van der Waals surface area contributed by atoms with Crippen LogP contribution in [0.1, 0.15) is 19.4 Å². The van der Waals surface area contributed by atoms with Crippen LogP contribution >= 0.6 is 12.2 Å². The highest BCUT2D eigenvalue weighted by Crippen LogP contribution is 2.28. The minimum atomic E-state index is -0.157. The quantitative estimate of drug-likeness (QED) is 0.332. The second-order valence-corrected chi connectivity index (χ2v) is 9.35. The second-order valence-electron chi connectivity index (χ2n) is 8.96. The van der Waals surface area contributed by atoms with Gasteiger partial charge in [0.25, 0.3) is 0 Å². The summed E-state index contributed by atoms with van der Waals surface area (Å²) in [5, 5.41) is 13.5. The number of aromatic nitrogens is 6. The topological polar surface area (TPSA) is 74.6 Å². The highest BCUT2D eigenvalue weighted by Gasteiger charge is 2.20. The Labute approximate surface area is 208 Å². The minimum Gasteiger partial charge on any atom is -0.340 e. The van der Waals surface area contributed by atoms with Crippen LogP contribution in [0, 0.1) is 10.6 Å². The van der Waals surface area contributed by atoms with Gasteiger partial charge in [-0.15, -0.1) is 0 Å². The molecule has 5 aromatic rings. The van der Waals surface area contributed by atoms with Crippen molar-refractivity contribution in [1.82, 2.24) is 28.7 Å². The van der Waals surface area contributed by atoms with Crippen molar-refractivity contribution in [3.63, 3.8) is 0 Å². The highest BCUT2D eigenvalue weighted by atomic mass is 32.1. The Kier molecular flexibility index (Phi) is 6.08. The van der Waals surface area contributed by atoms with Crippen molar-refractivity contribution in [3.8, 4) is 5.69 Å². The van der Waals surface area contributed by atoms with Crippen LogP contribution in [0.5, 0.6) is 0 Å². The molecule has 0 saturated carbocycles. The van der Waals surface area contributed by atoms with E-state index in [-0.39, 0.29) is 11.6 Å². The molecule has 0 bridgehead atoms. The molecule has 0 saturated heterocycles. The van der Waals surface area contributed by atoms with Crippen molar-refractivity contribution < 1.29 is 0 Å². The largest absolute Gasteiger partial charge is 0.340 e. The smallest absolute Gasteiger partial charge is 0.330 e. The fourth-order valence-electron chi connectivity index (χ4n) is 4.14. The molecule has 0 radical (unpaired) electrons. The lowest BCUT2D eigenvalue weighted by Crippen LogP contribution is -2.31. The monoisotopic (exact) mass is 485 g/mol. The normalized spacial score (nSPS) is 11.4. The molecule has 1 N–H and O–H groups in total. The third kappa shape index (κ3) is 4.42. The summed E-state index contributed by atoms with van der Waals surface area (Å²) >= 11 is 5.75. The summed E-state index contributed by atoms with van der Waals surface area (Å²) in [4.78, 5) is 13.1. The molecule has 35 heavy (non-hydrogen) atoms. The lowest BCUT2D eigenvalue weighted by molar-refractivity contribution is 0.499. The van der Waals surface area contributed by atoms with Gasteiger partial charge in [0.15, 0.2) is 5.65 Å². The second kappa shape index (κ2) is 9.34. The van der Waals surface area contributed by atoms with Crippen molar-refractivity contribution in [2.24, 2.45) is 13.0 Å². The Balaban J connectivity index is 1.65. The van der Waals surface area contributed by atoms with Crippen LogP contribution in [0.2, 0.25) is 0 Å². The molecule has 0 amide bonds. The van der Waals surface area contributed by atoms with Crippen molar-refractivity contribution >= 4 is 34.8 Å². The first-order valence-corrected chi connectivity index (χ1v) is 11.9. The van der Waals surface area contributed by atoms with E-state index in [0.29, 0.717) is 23.4 Å². The Morgan fingerprint density at radius 1 is 1.03 bits per heavy atom.